The van der Waals surface area contributed by atoms with E-state index in [1.54, 1.807) is 7.11 Å². The summed E-state index contributed by atoms with van der Waals surface area (Å²) in [5, 5.41) is 8.93. The number of carbonyl (C=O) groups is 2. The molecular formula is C26H33NO4. The Hall–Kier alpha value is -2.82. The Kier molecular flexibility index (Phi) is 8.10. The Bertz CT molecular complexity index is 843. The first kappa shape index (κ1) is 22.9. The van der Waals surface area contributed by atoms with Crippen LogP contribution in [-0.4, -0.2) is 42.1 Å². The first-order valence-electron chi connectivity index (χ1n) is 11.2. The minimum atomic E-state index is -0.782. The monoisotopic (exact) mass is 423 g/mol. The van der Waals surface area contributed by atoms with Crippen LogP contribution in [0.2, 0.25) is 0 Å². The number of carbonyl (C=O) groups excluding carboxylic acids is 1. The minimum absolute atomic E-state index is 0.148. The fourth-order valence-corrected chi connectivity index (χ4v) is 4.38. The molecule has 5 heteroatoms. The van der Waals surface area contributed by atoms with Crippen molar-refractivity contribution in [1.82, 2.24) is 4.90 Å². The van der Waals surface area contributed by atoms with E-state index in [4.69, 9.17) is 9.84 Å². The summed E-state index contributed by atoms with van der Waals surface area (Å²) in [6.07, 6.45) is 6.05. The highest BCUT2D eigenvalue weighted by Gasteiger charge is 2.47. The Labute approximate surface area is 185 Å². The summed E-state index contributed by atoms with van der Waals surface area (Å²) in [6, 6.07) is 18.2. The van der Waals surface area contributed by atoms with Crippen LogP contribution in [0.4, 0.5) is 0 Å². The zero-order valence-electron chi connectivity index (χ0n) is 18.4. The maximum absolute atomic E-state index is 13.8. The molecule has 0 atom stereocenters. The quantitative estimate of drug-likeness (QED) is 0.497. The molecule has 1 aliphatic rings. The second kappa shape index (κ2) is 11.0. The summed E-state index contributed by atoms with van der Waals surface area (Å²) in [4.78, 5) is 26.6. The summed E-state index contributed by atoms with van der Waals surface area (Å²) in [7, 11) is 1.64. The minimum Gasteiger partial charge on any atom is -0.497 e. The van der Waals surface area contributed by atoms with Gasteiger partial charge in [-0.2, -0.15) is 0 Å². The number of benzene rings is 2. The van der Waals surface area contributed by atoms with Crippen LogP contribution in [0, 0.1) is 0 Å². The van der Waals surface area contributed by atoms with Gasteiger partial charge in [0.25, 0.3) is 0 Å². The number of carboxylic acids is 1. The highest BCUT2D eigenvalue weighted by Crippen LogP contribution is 2.45. The second-order valence-electron chi connectivity index (χ2n) is 8.40. The Morgan fingerprint density at radius 1 is 0.968 bits per heavy atom. The molecule has 0 aromatic heterocycles. The first-order valence-corrected chi connectivity index (χ1v) is 11.2. The molecule has 166 valence electrons. The van der Waals surface area contributed by atoms with Crippen molar-refractivity contribution in [1.29, 1.82) is 0 Å². The molecule has 1 aliphatic carbocycles. The SMILES string of the molecule is COc1ccc(C2(C(=O)N(CCCCC(=O)O)CCCc3ccccc3)CCC2)cc1. The predicted octanol–water partition coefficient (Wildman–Crippen LogP) is 4.83. The van der Waals surface area contributed by atoms with Crippen LogP contribution in [0.1, 0.15) is 56.1 Å². The van der Waals surface area contributed by atoms with Crippen LogP contribution < -0.4 is 4.74 Å². The average molecular weight is 424 g/mol. The van der Waals surface area contributed by atoms with E-state index in [-0.39, 0.29) is 12.3 Å². The lowest BCUT2D eigenvalue weighted by Gasteiger charge is -2.44. The molecule has 0 unspecified atom stereocenters. The molecule has 1 saturated carbocycles. The van der Waals surface area contributed by atoms with Crippen molar-refractivity contribution >= 4 is 11.9 Å². The molecule has 0 saturated heterocycles. The molecule has 2 aromatic carbocycles. The van der Waals surface area contributed by atoms with Crippen molar-refractivity contribution in [2.45, 2.75) is 56.8 Å². The van der Waals surface area contributed by atoms with Crippen LogP contribution in [0.15, 0.2) is 54.6 Å². The van der Waals surface area contributed by atoms with E-state index in [1.807, 2.05) is 47.4 Å². The molecule has 0 radical (unpaired) electrons. The largest absolute Gasteiger partial charge is 0.497 e. The fourth-order valence-electron chi connectivity index (χ4n) is 4.38. The van der Waals surface area contributed by atoms with Gasteiger partial charge in [0.1, 0.15) is 5.75 Å². The van der Waals surface area contributed by atoms with Crippen molar-refractivity contribution in [3.05, 3.63) is 65.7 Å². The standard InChI is InChI=1S/C26H33NO4/c1-31-23-15-13-22(14-16-23)26(17-8-18-26)25(30)27(19-6-5-12-24(28)29)20-7-11-21-9-3-2-4-10-21/h2-4,9-10,13-16H,5-8,11-12,17-20H2,1H3,(H,28,29). The van der Waals surface area contributed by atoms with Gasteiger partial charge in [0.05, 0.1) is 12.5 Å². The maximum Gasteiger partial charge on any atom is 0.303 e. The van der Waals surface area contributed by atoms with Crippen molar-refractivity contribution in [2.75, 3.05) is 20.2 Å². The van der Waals surface area contributed by atoms with Gasteiger partial charge in [-0.25, -0.2) is 0 Å². The third-order valence-electron chi connectivity index (χ3n) is 6.35. The van der Waals surface area contributed by atoms with E-state index in [0.717, 1.165) is 43.4 Å². The third kappa shape index (κ3) is 5.87. The maximum atomic E-state index is 13.8. The van der Waals surface area contributed by atoms with E-state index in [0.29, 0.717) is 25.9 Å². The third-order valence-corrected chi connectivity index (χ3v) is 6.35. The fraction of sp³-hybridized carbons (Fsp3) is 0.462. The average Bonchev–Trinajstić information content (AvgIpc) is 2.75. The van der Waals surface area contributed by atoms with Gasteiger partial charge < -0.3 is 14.7 Å². The summed E-state index contributed by atoms with van der Waals surface area (Å²) in [6.45, 7) is 1.30. The number of aryl methyl sites for hydroxylation is 1. The zero-order chi connectivity index (χ0) is 22.1. The Morgan fingerprint density at radius 2 is 1.65 bits per heavy atom. The zero-order valence-corrected chi connectivity index (χ0v) is 18.4. The number of methoxy groups -OCH3 is 1. The normalized spacial score (nSPS) is 14.5. The highest BCUT2D eigenvalue weighted by molar-refractivity contribution is 5.89. The van der Waals surface area contributed by atoms with E-state index >= 15 is 0 Å². The summed E-state index contributed by atoms with van der Waals surface area (Å²) in [5.41, 5.74) is 1.88. The number of amides is 1. The molecule has 0 aliphatic heterocycles. The number of hydrogen-bond acceptors (Lipinski definition) is 3. The summed E-state index contributed by atoms with van der Waals surface area (Å²) >= 11 is 0. The van der Waals surface area contributed by atoms with Crippen LogP contribution >= 0.6 is 0 Å². The molecule has 2 aromatic rings. The molecule has 1 N–H and O–H groups in total. The van der Waals surface area contributed by atoms with Gasteiger partial charge in [0.2, 0.25) is 5.91 Å². The molecule has 31 heavy (non-hydrogen) atoms. The number of nitrogens with zero attached hydrogens (tertiary/aromatic N) is 1. The number of aliphatic carboxylic acids is 1. The van der Waals surface area contributed by atoms with Gasteiger partial charge in [-0.15, -0.1) is 0 Å². The molecule has 3 rings (SSSR count). The number of rotatable bonds is 12. The van der Waals surface area contributed by atoms with Gasteiger partial charge in [-0.05, 0) is 61.8 Å². The number of carboxylic acid groups (broad SMARTS) is 1. The molecular weight excluding hydrogens is 390 g/mol. The van der Waals surface area contributed by atoms with Gasteiger partial charge >= 0.3 is 5.97 Å². The van der Waals surface area contributed by atoms with Gasteiger partial charge in [0.15, 0.2) is 0 Å². The molecule has 0 bridgehead atoms. The van der Waals surface area contributed by atoms with E-state index in [1.165, 1.54) is 5.56 Å². The van der Waals surface area contributed by atoms with E-state index in [2.05, 4.69) is 12.1 Å². The number of ether oxygens (including phenoxy) is 1. The molecule has 0 spiro atoms. The number of unbranched alkanes of at least 4 members (excludes halogenated alkanes) is 1. The topological polar surface area (TPSA) is 66.8 Å². The molecule has 0 heterocycles. The summed E-state index contributed by atoms with van der Waals surface area (Å²) in [5.74, 6) is 0.196. The predicted molar refractivity (Wildman–Crippen MR) is 121 cm³/mol. The lowest BCUT2D eigenvalue weighted by Crippen LogP contribution is -2.51. The Balaban J connectivity index is 1.70. The van der Waals surface area contributed by atoms with E-state index < -0.39 is 11.4 Å². The van der Waals surface area contributed by atoms with Crippen molar-refractivity contribution in [3.63, 3.8) is 0 Å². The van der Waals surface area contributed by atoms with Crippen LogP contribution in [0.3, 0.4) is 0 Å². The number of hydrogen-bond donors (Lipinski definition) is 1. The molecule has 1 fully saturated rings. The lowest BCUT2D eigenvalue weighted by atomic mass is 9.63. The lowest BCUT2D eigenvalue weighted by molar-refractivity contribution is -0.141. The van der Waals surface area contributed by atoms with Crippen LogP contribution in [0.25, 0.3) is 0 Å². The smallest absolute Gasteiger partial charge is 0.303 e. The highest BCUT2D eigenvalue weighted by atomic mass is 16.5. The Morgan fingerprint density at radius 3 is 2.23 bits per heavy atom. The van der Waals surface area contributed by atoms with Crippen molar-refractivity contribution in [2.24, 2.45) is 0 Å². The first-order chi connectivity index (χ1) is 15.0. The van der Waals surface area contributed by atoms with Crippen molar-refractivity contribution < 1.29 is 19.4 Å². The molecule has 1 amide bonds. The van der Waals surface area contributed by atoms with Crippen LogP contribution in [-0.2, 0) is 21.4 Å². The van der Waals surface area contributed by atoms with Crippen LogP contribution in [0.5, 0.6) is 5.75 Å². The van der Waals surface area contributed by atoms with Gasteiger partial charge in [-0.1, -0.05) is 48.9 Å². The van der Waals surface area contributed by atoms with Gasteiger partial charge in [0, 0.05) is 19.5 Å². The van der Waals surface area contributed by atoms with E-state index in [9.17, 15) is 9.59 Å². The molecule has 5 nitrogen and oxygen atoms in total. The second-order valence-corrected chi connectivity index (χ2v) is 8.40. The van der Waals surface area contributed by atoms with Crippen molar-refractivity contribution in [3.8, 4) is 5.75 Å². The van der Waals surface area contributed by atoms with Gasteiger partial charge in [-0.3, -0.25) is 9.59 Å². The summed E-state index contributed by atoms with van der Waals surface area (Å²) < 4.78 is 5.28.